The number of nitrogens with one attached hydrogen (secondary N) is 1. The van der Waals surface area contributed by atoms with Crippen LogP contribution in [0.25, 0.3) is 0 Å². The van der Waals surface area contributed by atoms with Crippen molar-refractivity contribution in [3.05, 3.63) is 59.7 Å². The summed E-state index contributed by atoms with van der Waals surface area (Å²) in [6.07, 6.45) is 1.27. The molecule has 27 heavy (non-hydrogen) atoms. The third-order valence-electron chi connectivity index (χ3n) is 5.09. The molecule has 1 atom stereocenters. The lowest BCUT2D eigenvalue weighted by Crippen LogP contribution is -2.37. The summed E-state index contributed by atoms with van der Waals surface area (Å²) in [6, 6.07) is 15.6. The normalized spacial score (nSPS) is 16.8. The molecule has 0 saturated carbocycles. The average Bonchev–Trinajstić information content (AvgIpc) is 3.05. The first kappa shape index (κ1) is 19.0. The van der Waals surface area contributed by atoms with Crippen molar-refractivity contribution in [2.45, 2.75) is 32.6 Å². The Morgan fingerprint density at radius 2 is 1.81 bits per heavy atom. The van der Waals surface area contributed by atoms with E-state index in [0.717, 1.165) is 16.9 Å². The Bertz CT molecular complexity index is 797. The van der Waals surface area contributed by atoms with E-state index in [-0.39, 0.29) is 11.8 Å². The van der Waals surface area contributed by atoms with Crippen molar-refractivity contribution in [3.63, 3.8) is 0 Å². The second-order valence-electron chi connectivity index (χ2n) is 7.36. The smallest absolute Gasteiger partial charge is 0.239 e. The number of carbonyl (C=O) groups excluding carboxylic acids is 2. The summed E-state index contributed by atoms with van der Waals surface area (Å²) in [5.41, 5.74) is 9.60. The van der Waals surface area contributed by atoms with E-state index >= 15 is 0 Å². The van der Waals surface area contributed by atoms with E-state index in [0.29, 0.717) is 31.8 Å². The molecule has 5 nitrogen and oxygen atoms in total. The van der Waals surface area contributed by atoms with Crippen LogP contribution in [0.2, 0.25) is 0 Å². The predicted molar refractivity (Wildman–Crippen MR) is 109 cm³/mol. The van der Waals surface area contributed by atoms with Crippen molar-refractivity contribution in [1.29, 1.82) is 0 Å². The van der Waals surface area contributed by atoms with Crippen LogP contribution in [-0.4, -0.2) is 24.9 Å². The topological polar surface area (TPSA) is 75.4 Å². The fourth-order valence-electron chi connectivity index (χ4n) is 3.36. The van der Waals surface area contributed by atoms with Crippen LogP contribution in [0.3, 0.4) is 0 Å². The van der Waals surface area contributed by atoms with Crippen molar-refractivity contribution in [1.82, 2.24) is 5.32 Å². The van der Waals surface area contributed by atoms with Crippen LogP contribution < -0.4 is 16.0 Å². The minimum atomic E-state index is -0.596. The van der Waals surface area contributed by atoms with Gasteiger partial charge in [0.1, 0.15) is 5.92 Å². The van der Waals surface area contributed by atoms with Crippen LogP contribution in [0.1, 0.15) is 37.3 Å². The summed E-state index contributed by atoms with van der Waals surface area (Å²) in [4.78, 5) is 26.8. The molecule has 3 rings (SSSR count). The lowest BCUT2D eigenvalue weighted by Gasteiger charge is -2.18. The minimum absolute atomic E-state index is 0.114. The number of nitrogen functional groups attached to an aromatic ring is 1. The molecule has 1 saturated heterocycles. The summed E-state index contributed by atoms with van der Waals surface area (Å²) in [7, 11) is 0. The predicted octanol–water partition coefficient (Wildman–Crippen LogP) is 3.10. The zero-order valence-electron chi connectivity index (χ0n) is 15.9. The van der Waals surface area contributed by atoms with Gasteiger partial charge in [-0.2, -0.15) is 0 Å². The number of hydrogen-bond acceptors (Lipinski definition) is 3. The number of nitrogens with zero attached hydrogens (tertiary/aromatic N) is 1. The SMILES string of the molecule is CC(C)c1ccc(N2CCC(C(=O)NCCc3ccc(N)cc3)C2=O)cc1. The highest BCUT2D eigenvalue weighted by Gasteiger charge is 2.37. The monoisotopic (exact) mass is 365 g/mol. The third-order valence-corrected chi connectivity index (χ3v) is 5.09. The van der Waals surface area contributed by atoms with Crippen LogP contribution in [0.15, 0.2) is 48.5 Å². The van der Waals surface area contributed by atoms with E-state index in [4.69, 9.17) is 5.73 Å². The van der Waals surface area contributed by atoms with Crippen LogP contribution in [0.4, 0.5) is 11.4 Å². The molecule has 3 N–H and O–H groups in total. The molecule has 0 spiro atoms. The van der Waals surface area contributed by atoms with E-state index < -0.39 is 5.92 Å². The summed E-state index contributed by atoms with van der Waals surface area (Å²) in [5, 5.41) is 2.90. The van der Waals surface area contributed by atoms with Crippen molar-refractivity contribution < 1.29 is 9.59 Å². The van der Waals surface area contributed by atoms with Gasteiger partial charge in [-0.05, 0) is 54.2 Å². The average molecular weight is 365 g/mol. The van der Waals surface area contributed by atoms with Crippen LogP contribution >= 0.6 is 0 Å². The van der Waals surface area contributed by atoms with E-state index in [2.05, 4.69) is 19.2 Å². The fourth-order valence-corrected chi connectivity index (χ4v) is 3.36. The van der Waals surface area contributed by atoms with Crippen LogP contribution in [-0.2, 0) is 16.0 Å². The highest BCUT2D eigenvalue weighted by Crippen LogP contribution is 2.27. The van der Waals surface area contributed by atoms with E-state index in [1.54, 1.807) is 4.90 Å². The lowest BCUT2D eigenvalue weighted by molar-refractivity contribution is -0.132. The third kappa shape index (κ3) is 4.48. The zero-order chi connectivity index (χ0) is 19.4. The number of nitrogens with two attached hydrogens (primary N) is 1. The van der Waals surface area contributed by atoms with Gasteiger partial charge in [-0.25, -0.2) is 0 Å². The van der Waals surface area contributed by atoms with Crippen molar-refractivity contribution in [2.24, 2.45) is 5.92 Å². The molecule has 2 aromatic carbocycles. The molecule has 0 aromatic heterocycles. The summed E-state index contributed by atoms with van der Waals surface area (Å²) in [6.45, 7) is 5.37. The first-order valence-electron chi connectivity index (χ1n) is 9.49. The Morgan fingerprint density at radius 1 is 1.15 bits per heavy atom. The summed E-state index contributed by atoms with van der Waals surface area (Å²) >= 11 is 0. The van der Waals surface area contributed by atoms with E-state index in [1.807, 2.05) is 48.5 Å². The maximum atomic E-state index is 12.7. The van der Waals surface area contributed by atoms with Gasteiger partial charge in [-0.1, -0.05) is 38.1 Å². The molecule has 2 aromatic rings. The molecule has 2 amide bonds. The number of anilines is 2. The zero-order valence-corrected chi connectivity index (χ0v) is 15.9. The molecule has 1 fully saturated rings. The molecular formula is C22H27N3O2. The van der Waals surface area contributed by atoms with Crippen molar-refractivity contribution in [2.75, 3.05) is 23.7 Å². The quantitative estimate of drug-likeness (QED) is 0.610. The Kier molecular flexibility index (Phi) is 5.79. The number of amides is 2. The first-order chi connectivity index (χ1) is 13.0. The largest absolute Gasteiger partial charge is 0.399 e. The Morgan fingerprint density at radius 3 is 2.44 bits per heavy atom. The number of carbonyl (C=O) groups is 2. The summed E-state index contributed by atoms with van der Waals surface area (Å²) in [5.74, 6) is -0.442. The Balaban J connectivity index is 1.54. The van der Waals surface area contributed by atoms with Gasteiger partial charge in [-0.15, -0.1) is 0 Å². The summed E-state index contributed by atoms with van der Waals surface area (Å²) < 4.78 is 0. The van der Waals surface area contributed by atoms with Crippen LogP contribution in [0, 0.1) is 5.92 Å². The maximum Gasteiger partial charge on any atom is 0.239 e. The van der Waals surface area contributed by atoms with Gasteiger partial charge in [0.25, 0.3) is 0 Å². The highest BCUT2D eigenvalue weighted by atomic mass is 16.2. The molecule has 1 aliphatic rings. The van der Waals surface area contributed by atoms with Gasteiger partial charge in [0, 0.05) is 24.5 Å². The molecule has 1 heterocycles. The van der Waals surface area contributed by atoms with Crippen LogP contribution in [0.5, 0.6) is 0 Å². The van der Waals surface area contributed by atoms with Crippen molar-refractivity contribution in [3.8, 4) is 0 Å². The maximum absolute atomic E-state index is 12.7. The lowest BCUT2D eigenvalue weighted by atomic mass is 10.0. The molecule has 5 heteroatoms. The van der Waals surface area contributed by atoms with Gasteiger partial charge >= 0.3 is 0 Å². The molecule has 0 radical (unpaired) electrons. The molecule has 1 unspecified atom stereocenters. The number of benzene rings is 2. The number of hydrogen-bond donors (Lipinski definition) is 2. The molecule has 0 bridgehead atoms. The van der Waals surface area contributed by atoms with E-state index in [1.165, 1.54) is 5.56 Å². The standard InChI is InChI=1S/C22H27N3O2/c1-15(2)17-5-9-19(10-6-17)25-14-12-20(22(25)27)21(26)24-13-11-16-3-7-18(23)8-4-16/h3-10,15,20H,11-14,23H2,1-2H3,(H,24,26). The Hall–Kier alpha value is -2.82. The molecule has 142 valence electrons. The van der Waals surface area contributed by atoms with Gasteiger partial charge in [0.15, 0.2) is 0 Å². The van der Waals surface area contributed by atoms with Crippen molar-refractivity contribution >= 4 is 23.2 Å². The van der Waals surface area contributed by atoms with Gasteiger partial charge in [0.05, 0.1) is 0 Å². The molecular weight excluding hydrogens is 338 g/mol. The highest BCUT2D eigenvalue weighted by molar-refractivity contribution is 6.09. The second-order valence-corrected chi connectivity index (χ2v) is 7.36. The fraction of sp³-hybridized carbons (Fsp3) is 0.364. The minimum Gasteiger partial charge on any atom is -0.399 e. The van der Waals surface area contributed by atoms with E-state index in [9.17, 15) is 9.59 Å². The van der Waals surface area contributed by atoms with Gasteiger partial charge < -0.3 is 16.0 Å². The molecule has 0 aliphatic carbocycles. The van der Waals surface area contributed by atoms with Gasteiger partial charge in [0.2, 0.25) is 11.8 Å². The Labute approximate surface area is 160 Å². The van der Waals surface area contributed by atoms with Gasteiger partial charge in [-0.3, -0.25) is 9.59 Å². The second kappa shape index (κ2) is 8.25. The molecule has 1 aliphatic heterocycles. The first-order valence-corrected chi connectivity index (χ1v) is 9.49. The number of rotatable bonds is 6.